The lowest BCUT2D eigenvalue weighted by atomic mass is 10.2. The molecule has 0 saturated carbocycles. The van der Waals surface area contributed by atoms with Crippen LogP contribution in [-0.4, -0.2) is 35.9 Å². The number of hydrogen-bond donors (Lipinski definition) is 1. The quantitative estimate of drug-likeness (QED) is 0.820. The van der Waals surface area contributed by atoms with Crippen LogP contribution in [0.15, 0.2) is 21.7 Å². The van der Waals surface area contributed by atoms with E-state index >= 15 is 0 Å². The highest BCUT2D eigenvalue weighted by molar-refractivity contribution is 8.02. The minimum atomic E-state index is 0.215. The summed E-state index contributed by atoms with van der Waals surface area (Å²) in [6.07, 6.45) is 0. The molecule has 1 fully saturated rings. The van der Waals surface area contributed by atoms with Crippen LogP contribution in [0, 0.1) is 0 Å². The average Bonchev–Trinajstić information content (AvgIpc) is 2.71. The van der Waals surface area contributed by atoms with Crippen molar-refractivity contribution in [2.75, 3.05) is 26.2 Å². The zero-order valence-electron chi connectivity index (χ0n) is 9.32. The van der Waals surface area contributed by atoms with Crippen molar-refractivity contribution in [3.8, 4) is 0 Å². The Morgan fingerprint density at radius 2 is 2.13 bits per heavy atom. The largest absolute Gasteiger partial charge is 0.314 e. The molecule has 2 rings (SSSR count). The van der Waals surface area contributed by atoms with Crippen molar-refractivity contribution in [3.05, 3.63) is 17.5 Å². The van der Waals surface area contributed by atoms with E-state index in [-0.39, 0.29) is 4.87 Å². The minimum Gasteiger partial charge on any atom is -0.314 e. The molecule has 1 aliphatic heterocycles. The number of piperazine rings is 1. The molecule has 1 aliphatic rings. The molecule has 2 heterocycles. The summed E-state index contributed by atoms with van der Waals surface area (Å²) in [5.74, 6) is 0. The van der Waals surface area contributed by atoms with Gasteiger partial charge in [-0.25, -0.2) is 0 Å². The highest BCUT2D eigenvalue weighted by atomic mass is 32.2. The topological polar surface area (TPSA) is 15.3 Å². The summed E-state index contributed by atoms with van der Waals surface area (Å²) in [5.41, 5.74) is 0. The molecule has 0 aromatic carbocycles. The molecule has 1 N–H and O–H groups in total. The molecule has 0 atom stereocenters. The van der Waals surface area contributed by atoms with Gasteiger partial charge in [-0.15, -0.1) is 11.3 Å². The summed E-state index contributed by atoms with van der Waals surface area (Å²) in [6.45, 7) is 9.20. The molecule has 0 unspecified atom stereocenters. The number of nitrogens with one attached hydrogen (secondary N) is 1. The van der Waals surface area contributed by atoms with Gasteiger partial charge in [0.2, 0.25) is 0 Å². The van der Waals surface area contributed by atoms with Crippen molar-refractivity contribution in [2.45, 2.75) is 22.9 Å². The van der Waals surface area contributed by atoms with Gasteiger partial charge in [0.25, 0.3) is 0 Å². The van der Waals surface area contributed by atoms with E-state index in [0.29, 0.717) is 0 Å². The normalized spacial score (nSPS) is 19.3. The SMILES string of the molecule is CC(C)(Sc1cccs1)N1CCNCC1. The van der Waals surface area contributed by atoms with Gasteiger partial charge in [0.05, 0.1) is 9.08 Å². The second kappa shape index (κ2) is 4.87. The highest BCUT2D eigenvalue weighted by Crippen LogP contribution is 2.37. The van der Waals surface area contributed by atoms with Crippen LogP contribution in [0.25, 0.3) is 0 Å². The Kier molecular flexibility index (Phi) is 3.72. The van der Waals surface area contributed by atoms with Gasteiger partial charge in [0.15, 0.2) is 0 Å². The van der Waals surface area contributed by atoms with Gasteiger partial charge >= 0.3 is 0 Å². The van der Waals surface area contributed by atoms with Crippen LogP contribution in [0.2, 0.25) is 0 Å². The Bertz CT molecular complexity index is 290. The van der Waals surface area contributed by atoms with E-state index in [4.69, 9.17) is 0 Å². The Balaban J connectivity index is 1.98. The van der Waals surface area contributed by atoms with Crippen LogP contribution < -0.4 is 5.32 Å². The third kappa shape index (κ3) is 2.97. The Morgan fingerprint density at radius 1 is 1.40 bits per heavy atom. The Labute approximate surface area is 100 Å². The molecular weight excluding hydrogens is 224 g/mol. The van der Waals surface area contributed by atoms with Crippen molar-refractivity contribution in [3.63, 3.8) is 0 Å². The van der Waals surface area contributed by atoms with Gasteiger partial charge in [-0.2, -0.15) is 0 Å². The summed E-state index contributed by atoms with van der Waals surface area (Å²) in [4.78, 5) is 2.78. The smallest absolute Gasteiger partial charge is 0.0668 e. The monoisotopic (exact) mass is 242 g/mol. The van der Waals surface area contributed by atoms with Crippen LogP contribution in [-0.2, 0) is 0 Å². The van der Waals surface area contributed by atoms with Crippen molar-refractivity contribution in [2.24, 2.45) is 0 Å². The third-order valence-electron chi connectivity index (χ3n) is 2.72. The van der Waals surface area contributed by atoms with E-state index < -0.39 is 0 Å². The van der Waals surface area contributed by atoms with Crippen molar-refractivity contribution >= 4 is 23.1 Å². The van der Waals surface area contributed by atoms with Crippen molar-refractivity contribution in [1.82, 2.24) is 10.2 Å². The number of nitrogens with zero attached hydrogens (tertiary/aromatic N) is 1. The predicted molar refractivity (Wildman–Crippen MR) is 68.7 cm³/mol. The summed E-state index contributed by atoms with van der Waals surface area (Å²) in [6, 6.07) is 4.33. The Morgan fingerprint density at radius 3 is 2.73 bits per heavy atom. The predicted octanol–water partition coefficient (Wildman–Crippen LogP) is 2.48. The van der Waals surface area contributed by atoms with E-state index in [1.54, 1.807) is 0 Å². The molecule has 84 valence electrons. The maximum Gasteiger partial charge on any atom is 0.0668 e. The van der Waals surface area contributed by atoms with Gasteiger partial charge in [0, 0.05) is 26.2 Å². The first kappa shape index (κ1) is 11.5. The first-order chi connectivity index (χ1) is 7.18. The van der Waals surface area contributed by atoms with E-state index in [2.05, 4.69) is 41.6 Å². The third-order valence-corrected chi connectivity index (χ3v) is 5.02. The maximum atomic E-state index is 3.40. The molecule has 4 heteroatoms. The zero-order valence-corrected chi connectivity index (χ0v) is 11.0. The zero-order chi connectivity index (χ0) is 10.7. The number of rotatable bonds is 3. The molecule has 0 bridgehead atoms. The minimum absolute atomic E-state index is 0.215. The van der Waals surface area contributed by atoms with E-state index in [9.17, 15) is 0 Å². The molecule has 0 aliphatic carbocycles. The molecule has 15 heavy (non-hydrogen) atoms. The summed E-state index contributed by atoms with van der Waals surface area (Å²) in [7, 11) is 0. The first-order valence-corrected chi connectivity index (χ1v) is 7.06. The average molecular weight is 242 g/mol. The standard InChI is InChI=1S/C11H18N2S2/c1-11(2,13-7-5-12-6-8-13)15-10-4-3-9-14-10/h3-4,9,12H,5-8H2,1-2H3. The van der Waals surface area contributed by atoms with Gasteiger partial charge in [-0.1, -0.05) is 17.8 Å². The fourth-order valence-corrected chi connectivity index (χ4v) is 4.21. The fraction of sp³-hybridized carbons (Fsp3) is 0.636. The molecule has 0 amide bonds. The lowest BCUT2D eigenvalue weighted by molar-refractivity contribution is 0.173. The van der Waals surface area contributed by atoms with Crippen LogP contribution in [0.1, 0.15) is 13.8 Å². The first-order valence-electron chi connectivity index (χ1n) is 5.37. The maximum absolute atomic E-state index is 3.40. The lowest BCUT2D eigenvalue weighted by Crippen LogP contribution is -2.51. The second-order valence-corrected chi connectivity index (χ2v) is 7.07. The summed E-state index contributed by atoms with van der Waals surface area (Å²) in [5, 5.41) is 5.55. The number of thiophene rings is 1. The van der Waals surface area contributed by atoms with E-state index in [1.165, 1.54) is 4.21 Å². The van der Waals surface area contributed by atoms with Crippen LogP contribution in [0.3, 0.4) is 0 Å². The van der Waals surface area contributed by atoms with Crippen molar-refractivity contribution in [1.29, 1.82) is 0 Å². The summed E-state index contributed by atoms with van der Waals surface area (Å²) < 4.78 is 1.42. The van der Waals surface area contributed by atoms with Gasteiger partial charge in [0.1, 0.15) is 0 Å². The van der Waals surface area contributed by atoms with Gasteiger partial charge < -0.3 is 5.32 Å². The molecule has 1 saturated heterocycles. The molecule has 0 spiro atoms. The van der Waals surface area contributed by atoms with E-state index in [1.807, 2.05) is 23.1 Å². The highest BCUT2D eigenvalue weighted by Gasteiger charge is 2.28. The molecule has 0 radical (unpaired) electrons. The lowest BCUT2D eigenvalue weighted by Gasteiger charge is -2.40. The fourth-order valence-electron chi connectivity index (χ4n) is 1.84. The molecule has 1 aromatic rings. The summed E-state index contributed by atoms with van der Waals surface area (Å²) >= 11 is 3.81. The Hall–Kier alpha value is -0.0300. The second-order valence-electron chi connectivity index (χ2n) is 4.22. The molecular formula is C11H18N2S2. The van der Waals surface area contributed by atoms with Crippen LogP contribution in [0.5, 0.6) is 0 Å². The van der Waals surface area contributed by atoms with Crippen LogP contribution >= 0.6 is 23.1 Å². The van der Waals surface area contributed by atoms with E-state index in [0.717, 1.165) is 26.2 Å². The van der Waals surface area contributed by atoms with Gasteiger partial charge in [-0.05, 0) is 25.3 Å². The number of hydrogen-bond acceptors (Lipinski definition) is 4. The van der Waals surface area contributed by atoms with Crippen LogP contribution in [0.4, 0.5) is 0 Å². The van der Waals surface area contributed by atoms with Crippen molar-refractivity contribution < 1.29 is 0 Å². The van der Waals surface area contributed by atoms with Gasteiger partial charge in [-0.3, -0.25) is 4.90 Å². The number of thioether (sulfide) groups is 1. The molecule has 2 nitrogen and oxygen atoms in total. The molecule has 1 aromatic heterocycles.